The predicted molar refractivity (Wildman–Crippen MR) is 128 cm³/mol. The zero-order valence-electron chi connectivity index (χ0n) is 19.9. The number of carbonyl (C=O) groups is 2. The molecule has 3 aliphatic heterocycles. The molecular formula is C24H30N4O7S. The molecule has 1 aromatic carbocycles. The number of piperidine rings is 1. The average molecular weight is 519 g/mol. The first-order valence-electron chi connectivity index (χ1n) is 11.9. The average Bonchev–Trinajstić information content (AvgIpc) is 3.41. The van der Waals surface area contributed by atoms with Crippen LogP contribution in [0.25, 0.3) is 5.57 Å². The number of nitrogens with one attached hydrogen (secondary N) is 1. The molecule has 0 aromatic heterocycles. The first kappa shape index (κ1) is 26.1. The Morgan fingerprint density at radius 2 is 2.00 bits per heavy atom. The van der Waals surface area contributed by atoms with Crippen molar-refractivity contribution < 1.29 is 32.7 Å². The normalized spacial score (nSPS) is 22.4. The van der Waals surface area contributed by atoms with Crippen LogP contribution >= 0.6 is 0 Å². The number of nitriles is 1. The highest BCUT2D eigenvalue weighted by molar-refractivity contribution is 7.89. The number of nitrogens with zero attached hydrogens (tertiary/aromatic N) is 3. The van der Waals surface area contributed by atoms with Gasteiger partial charge in [0, 0.05) is 32.6 Å². The third-order valence-electron chi connectivity index (χ3n) is 7.13. The molecule has 1 unspecified atom stereocenters. The lowest BCUT2D eigenvalue weighted by Gasteiger charge is -2.40. The van der Waals surface area contributed by atoms with E-state index >= 15 is 0 Å². The fourth-order valence-electron chi connectivity index (χ4n) is 4.94. The van der Waals surface area contributed by atoms with E-state index < -0.39 is 33.2 Å². The lowest BCUT2D eigenvalue weighted by atomic mass is 9.79. The molecule has 1 atom stereocenters. The smallest absolute Gasteiger partial charge is 0.410 e. The van der Waals surface area contributed by atoms with Gasteiger partial charge in [-0.2, -0.15) is 9.57 Å². The number of rotatable bonds is 6. The van der Waals surface area contributed by atoms with Crippen LogP contribution in [0.4, 0.5) is 4.79 Å². The van der Waals surface area contributed by atoms with E-state index in [4.69, 9.17) is 9.47 Å². The van der Waals surface area contributed by atoms with Crippen LogP contribution < -0.4 is 5.48 Å². The molecule has 0 bridgehead atoms. The van der Waals surface area contributed by atoms with E-state index in [2.05, 4.69) is 6.07 Å². The summed E-state index contributed by atoms with van der Waals surface area (Å²) < 4.78 is 38.7. The van der Waals surface area contributed by atoms with E-state index in [1.165, 1.54) is 9.21 Å². The molecule has 194 valence electrons. The fourth-order valence-corrected chi connectivity index (χ4v) is 6.92. The highest BCUT2D eigenvalue weighted by atomic mass is 32.2. The van der Waals surface area contributed by atoms with Crippen molar-refractivity contribution in [3.05, 3.63) is 41.5 Å². The number of amides is 2. The Hall–Kier alpha value is -2.98. The summed E-state index contributed by atoms with van der Waals surface area (Å²) in [6, 6.07) is 9.34. The van der Waals surface area contributed by atoms with Gasteiger partial charge in [0.2, 0.25) is 10.0 Å². The van der Waals surface area contributed by atoms with Gasteiger partial charge in [-0.15, -0.1) is 0 Å². The molecule has 0 saturated carbocycles. The van der Waals surface area contributed by atoms with E-state index in [1.54, 1.807) is 23.7 Å². The zero-order chi connectivity index (χ0) is 25.8. The monoisotopic (exact) mass is 518 g/mol. The standard InChI is InChI=1S/C24H30N4O7S/c25-15-19-3-1-2-4-21(19)18-5-10-28(11-6-18)36(32,33)17-24(22(29)26-31)8-12-27(13-9-24)23(30)35-20-7-14-34-16-20/h1-5,20,31H,6-14,16-17H2,(H,26,29). The number of sulfonamides is 1. The van der Waals surface area contributed by atoms with E-state index in [1.807, 2.05) is 12.1 Å². The van der Waals surface area contributed by atoms with Gasteiger partial charge in [0.1, 0.15) is 6.10 Å². The first-order chi connectivity index (χ1) is 17.3. The Morgan fingerprint density at radius 3 is 2.61 bits per heavy atom. The van der Waals surface area contributed by atoms with E-state index in [0.717, 1.165) is 11.1 Å². The van der Waals surface area contributed by atoms with Crippen LogP contribution in [0.15, 0.2) is 30.3 Å². The second-order valence-electron chi connectivity index (χ2n) is 9.33. The van der Waals surface area contributed by atoms with Crippen molar-refractivity contribution in [2.45, 2.75) is 31.8 Å². The van der Waals surface area contributed by atoms with Crippen molar-refractivity contribution in [1.29, 1.82) is 5.26 Å². The molecule has 0 aliphatic carbocycles. The summed E-state index contributed by atoms with van der Waals surface area (Å²) in [6.45, 7) is 1.48. The van der Waals surface area contributed by atoms with Crippen LogP contribution in [-0.4, -0.2) is 86.1 Å². The van der Waals surface area contributed by atoms with Crippen molar-refractivity contribution in [3.63, 3.8) is 0 Å². The second kappa shape index (κ2) is 11.0. The quantitative estimate of drug-likeness (QED) is 0.425. The van der Waals surface area contributed by atoms with Crippen molar-refractivity contribution in [2.24, 2.45) is 5.41 Å². The van der Waals surface area contributed by atoms with Gasteiger partial charge < -0.3 is 14.4 Å². The molecule has 3 aliphatic rings. The zero-order valence-corrected chi connectivity index (χ0v) is 20.7. The van der Waals surface area contributed by atoms with Gasteiger partial charge in [0.05, 0.1) is 36.0 Å². The van der Waals surface area contributed by atoms with E-state index in [9.17, 15) is 28.5 Å². The molecule has 1 aromatic rings. The molecule has 36 heavy (non-hydrogen) atoms. The third kappa shape index (κ3) is 5.54. The molecule has 3 heterocycles. The molecule has 0 radical (unpaired) electrons. The van der Waals surface area contributed by atoms with Crippen LogP contribution in [0, 0.1) is 16.7 Å². The third-order valence-corrected chi connectivity index (χ3v) is 9.17. The maximum atomic E-state index is 13.4. The summed E-state index contributed by atoms with van der Waals surface area (Å²) >= 11 is 0. The molecule has 2 N–H and O–H groups in total. The van der Waals surface area contributed by atoms with E-state index in [-0.39, 0.29) is 45.1 Å². The van der Waals surface area contributed by atoms with Crippen molar-refractivity contribution in [1.82, 2.24) is 14.7 Å². The molecule has 2 saturated heterocycles. The van der Waals surface area contributed by atoms with Crippen LogP contribution in [0.3, 0.4) is 0 Å². The summed E-state index contributed by atoms with van der Waals surface area (Å²) in [5.41, 5.74) is 2.48. The molecule has 4 rings (SSSR count). The molecule has 2 amide bonds. The van der Waals surface area contributed by atoms with Crippen LogP contribution in [0.2, 0.25) is 0 Å². The van der Waals surface area contributed by atoms with E-state index in [0.29, 0.717) is 31.6 Å². The van der Waals surface area contributed by atoms with Crippen LogP contribution in [0.1, 0.15) is 36.8 Å². The molecule has 2 fully saturated rings. The molecule has 11 nitrogen and oxygen atoms in total. The number of likely N-dealkylation sites (tertiary alicyclic amines) is 1. The predicted octanol–water partition coefficient (Wildman–Crippen LogP) is 1.49. The maximum Gasteiger partial charge on any atom is 0.410 e. The Balaban J connectivity index is 1.42. The second-order valence-corrected chi connectivity index (χ2v) is 11.3. The largest absolute Gasteiger partial charge is 0.444 e. The Kier molecular flexibility index (Phi) is 7.94. The Bertz CT molecular complexity index is 1160. The van der Waals surface area contributed by atoms with Crippen molar-refractivity contribution in [2.75, 3.05) is 45.1 Å². The lowest BCUT2D eigenvalue weighted by molar-refractivity contribution is -0.141. The first-order valence-corrected chi connectivity index (χ1v) is 13.5. The topological polar surface area (TPSA) is 149 Å². The van der Waals surface area contributed by atoms with Gasteiger partial charge in [0.15, 0.2) is 0 Å². The van der Waals surface area contributed by atoms with Gasteiger partial charge in [-0.3, -0.25) is 10.0 Å². The summed E-state index contributed by atoms with van der Waals surface area (Å²) in [5.74, 6) is -1.26. The summed E-state index contributed by atoms with van der Waals surface area (Å²) in [5, 5.41) is 18.7. The van der Waals surface area contributed by atoms with Gasteiger partial charge in [-0.25, -0.2) is 18.7 Å². The highest BCUT2D eigenvalue weighted by Crippen LogP contribution is 2.36. The van der Waals surface area contributed by atoms with Crippen LogP contribution in [-0.2, 0) is 24.3 Å². The molecular weight excluding hydrogens is 488 g/mol. The number of carbonyl (C=O) groups excluding carboxylic acids is 2. The summed E-state index contributed by atoms with van der Waals surface area (Å²) in [7, 11) is -3.87. The van der Waals surface area contributed by atoms with Crippen molar-refractivity contribution >= 4 is 27.6 Å². The minimum absolute atomic E-state index is 0.0688. The maximum absolute atomic E-state index is 13.4. The van der Waals surface area contributed by atoms with Crippen molar-refractivity contribution in [3.8, 4) is 6.07 Å². The highest BCUT2D eigenvalue weighted by Gasteiger charge is 2.47. The van der Waals surface area contributed by atoms with Gasteiger partial charge in [-0.1, -0.05) is 24.3 Å². The Labute approximate surface area is 210 Å². The summed E-state index contributed by atoms with van der Waals surface area (Å²) in [4.78, 5) is 26.6. The van der Waals surface area contributed by atoms with Gasteiger partial charge in [-0.05, 0) is 36.5 Å². The Morgan fingerprint density at radius 1 is 1.25 bits per heavy atom. The molecule has 12 heteroatoms. The minimum atomic E-state index is -3.87. The number of benzene rings is 1. The number of hydrogen-bond donors (Lipinski definition) is 2. The molecule has 0 spiro atoms. The van der Waals surface area contributed by atoms with Gasteiger partial charge in [0.25, 0.3) is 5.91 Å². The SMILES string of the molecule is N#Cc1ccccc1C1=CCN(S(=O)(=O)CC2(C(=O)NO)CCN(C(=O)OC3CCOC3)CC2)CC1. The summed E-state index contributed by atoms with van der Waals surface area (Å²) in [6.07, 6.45) is 2.17. The van der Waals surface area contributed by atoms with Gasteiger partial charge >= 0.3 is 6.09 Å². The number of ether oxygens (including phenoxy) is 2. The lowest BCUT2D eigenvalue weighted by Crippen LogP contribution is -2.54. The number of hydroxylamine groups is 1. The van der Waals surface area contributed by atoms with Crippen LogP contribution in [0.5, 0.6) is 0 Å². The number of hydrogen-bond acceptors (Lipinski definition) is 8. The fraction of sp³-hybridized carbons (Fsp3) is 0.542. The minimum Gasteiger partial charge on any atom is -0.444 e.